The van der Waals surface area contributed by atoms with Gasteiger partial charge in [0.2, 0.25) is 10.0 Å². The van der Waals surface area contributed by atoms with Gasteiger partial charge in [0.05, 0.1) is 5.75 Å². The maximum Gasteiger partial charge on any atom is 0.211 e. The molecule has 0 aromatic rings. The third kappa shape index (κ3) is 8.06. The maximum atomic E-state index is 11.9. The Hall–Kier alpha value is -0.130. The summed E-state index contributed by atoms with van der Waals surface area (Å²) in [5, 5.41) is 3.22. The van der Waals surface area contributed by atoms with Crippen molar-refractivity contribution < 1.29 is 8.42 Å². The molecule has 0 aliphatic rings. The molecule has 0 heterocycles. The molecule has 0 rings (SSSR count). The Labute approximate surface area is 113 Å². The number of rotatable bonds is 10. The monoisotopic (exact) mass is 278 g/mol. The second-order valence-corrected chi connectivity index (χ2v) is 7.14. The van der Waals surface area contributed by atoms with E-state index in [1.54, 1.807) is 0 Å². The normalized spacial score (nSPS) is 14.4. The predicted molar refractivity (Wildman–Crippen MR) is 78.2 cm³/mol. The van der Waals surface area contributed by atoms with Crippen molar-refractivity contribution in [3.05, 3.63) is 0 Å². The Bertz CT molecular complexity index is 298. The van der Waals surface area contributed by atoms with Gasteiger partial charge >= 0.3 is 0 Å². The summed E-state index contributed by atoms with van der Waals surface area (Å²) in [7, 11) is -3.13. The summed E-state index contributed by atoms with van der Waals surface area (Å²) in [5.41, 5.74) is 0. The molecule has 0 spiro atoms. The third-order valence-corrected chi connectivity index (χ3v) is 4.82. The van der Waals surface area contributed by atoms with Crippen LogP contribution in [0.5, 0.6) is 0 Å². The van der Waals surface area contributed by atoms with Crippen LogP contribution in [0.1, 0.15) is 53.9 Å². The first-order valence-electron chi connectivity index (χ1n) is 7.05. The topological polar surface area (TPSA) is 58.2 Å². The van der Waals surface area contributed by atoms with Crippen molar-refractivity contribution in [2.75, 3.05) is 12.3 Å². The van der Waals surface area contributed by atoms with E-state index in [0.29, 0.717) is 18.4 Å². The molecular formula is C13H30N2O2S. The van der Waals surface area contributed by atoms with Crippen molar-refractivity contribution in [1.29, 1.82) is 0 Å². The molecule has 18 heavy (non-hydrogen) atoms. The van der Waals surface area contributed by atoms with Gasteiger partial charge in [-0.05, 0) is 25.8 Å². The molecule has 110 valence electrons. The van der Waals surface area contributed by atoms with E-state index < -0.39 is 10.0 Å². The van der Waals surface area contributed by atoms with E-state index in [2.05, 4.69) is 37.7 Å². The van der Waals surface area contributed by atoms with Gasteiger partial charge in [0, 0.05) is 12.1 Å². The van der Waals surface area contributed by atoms with E-state index in [9.17, 15) is 8.42 Å². The Morgan fingerprint density at radius 1 is 1.06 bits per heavy atom. The van der Waals surface area contributed by atoms with Crippen LogP contribution in [0.3, 0.4) is 0 Å². The van der Waals surface area contributed by atoms with Gasteiger partial charge in [0.15, 0.2) is 0 Å². The number of hydrogen-bond donors (Lipinski definition) is 2. The fourth-order valence-corrected chi connectivity index (χ4v) is 3.49. The minimum Gasteiger partial charge on any atom is -0.314 e. The molecule has 0 fully saturated rings. The highest BCUT2D eigenvalue weighted by atomic mass is 32.2. The van der Waals surface area contributed by atoms with Crippen molar-refractivity contribution in [2.24, 2.45) is 5.92 Å². The van der Waals surface area contributed by atoms with Crippen LogP contribution in [0.15, 0.2) is 0 Å². The number of hydrogen-bond acceptors (Lipinski definition) is 3. The predicted octanol–water partition coefficient (Wildman–Crippen LogP) is 2.12. The summed E-state index contributed by atoms with van der Waals surface area (Å²) in [6, 6.07) is 0.437. The quantitative estimate of drug-likeness (QED) is 0.602. The van der Waals surface area contributed by atoms with Gasteiger partial charge in [-0.1, -0.05) is 40.5 Å². The van der Waals surface area contributed by atoms with Gasteiger partial charge in [-0.2, -0.15) is 0 Å². The van der Waals surface area contributed by atoms with E-state index in [1.807, 2.05) is 6.92 Å². The summed E-state index contributed by atoms with van der Waals surface area (Å²) >= 11 is 0. The van der Waals surface area contributed by atoms with Crippen molar-refractivity contribution in [3.63, 3.8) is 0 Å². The Morgan fingerprint density at radius 3 is 2.06 bits per heavy atom. The fourth-order valence-electron chi connectivity index (χ4n) is 2.09. The Morgan fingerprint density at radius 2 is 1.61 bits per heavy atom. The second-order valence-electron chi connectivity index (χ2n) is 5.26. The van der Waals surface area contributed by atoms with Gasteiger partial charge in [-0.25, -0.2) is 13.1 Å². The van der Waals surface area contributed by atoms with Gasteiger partial charge in [0.1, 0.15) is 0 Å². The highest BCUT2D eigenvalue weighted by Crippen LogP contribution is 2.13. The van der Waals surface area contributed by atoms with E-state index in [0.717, 1.165) is 19.4 Å². The van der Waals surface area contributed by atoms with Crippen molar-refractivity contribution in [3.8, 4) is 0 Å². The van der Waals surface area contributed by atoms with Gasteiger partial charge < -0.3 is 5.32 Å². The molecule has 0 radical (unpaired) electrons. The molecule has 1 atom stereocenters. The summed E-state index contributed by atoms with van der Waals surface area (Å²) in [6.07, 6.45) is 2.67. The molecule has 4 nitrogen and oxygen atoms in total. The molecule has 0 aromatic heterocycles. The van der Waals surface area contributed by atoms with E-state index >= 15 is 0 Å². The number of sulfonamides is 1. The number of nitrogens with one attached hydrogen (secondary N) is 2. The summed E-state index contributed by atoms with van der Waals surface area (Å²) in [4.78, 5) is 0. The Kier molecular flexibility index (Phi) is 8.82. The maximum absolute atomic E-state index is 11.9. The molecule has 1 unspecified atom stereocenters. The van der Waals surface area contributed by atoms with Crippen LogP contribution in [0.4, 0.5) is 0 Å². The molecule has 0 aromatic carbocycles. The van der Waals surface area contributed by atoms with E-state index in [4.69, 9.17) is 0 Å². The van der Waals surface area contributed by atoms with Crippen LogP contribution in [0, 0.1) is 5.92 Å². The Balaban J connectivity index is 4.06. The van der Waals surface area contributed by atoms with Gasteiger partial charge in [0.25, 0.3) is 0 Å². The molecule has 0 saturated carbocycles. The zero-order valence-electron chi connectivity index (χ0n) is 12.5. The minimum absolute atomic E-state index is 0.0306. The zero-order valence-corrected chi connectivity index (χ0v) is 13.3. The van der Waals surface area contributed by atoms with Gasteiger partial charge in [-0.3, -0.25) is 0 Å². The average molecular weight is 278 g/mol. The largest absolute Gasteiger partial charge is 0.314 e. The van der Waals surface area contributed by atoms with Crippen LogP contribution in [0.2, 0.25) is 0 Å². The minimum atomic E-state index is -3.13. The lowest BCUT2D eigenvalue weighted by Gasteiger charge is -2.22. The molecule has 0 amide bonds. The van der Waals surface area contributed by atoms with Crippen LogP contribution < -0.4 is 10.0 Å². The molecule has 0 aliphatic carbocycles. The van der Waals surface area contributed by atoms with E-state index in [1.165, 1.54) is 0 Å². The lowest BCUT2D eigenvalue weighted by Crippen LogP contribution is -2.39. The molecule has 0 saturated heterocycles. The van der Waals surface area contributed by atoms with Crippen LogP contribution in [0.25, 0.3) is 0 Å². The second kappa shape index (κ2) is 8.88. The highest BCUT2D eigenvalue weighted by Gasteiger charge is 2.19. The first-order valence-corrected chi connectivity index (χ1v) is 8.71. The standard InChI is InChI=1S/C13H30N2O2S/c1-6-13(7-2)12(5)15-18(16,17)10-8-9-14-11(3)4/h11-15H,6-10H2,1-5H3. The van der Waals surface area contributed by atoms with Crippen LogP contribution in [-0.2, 0) is 10.0 Å². The molecule has 5 heteroatoms. The van der Waals surface area contributed by atoms with Gasteiger partial charge in [-0.15, -0.1) is 0 Å². The zero-order chi connectivity index (χ0) is 14.2. The third-order valence-electron chi connectivity index (χ3n) is 3.26. The first kappa shape index (κ1) is 17.9. The SMILES string of the molecule is CCC(CC)C(C)NS(=O)(=O)CCCNC(C)C. The first-order chi connectivity index (χ1) is 8.32. The van der Waals surface area contributed by atoms with Crippen LogP contribution in [-0.4, -0.2) is 32.8 Å². The molecule has 0 bridgehead atoms. The summed E-state index contributed by atoms with van der Waals surface area (Å²) < 4.78 is 26.6. The van der Waals surface area contributed by atoms with Crippen LogP contribution >= 0.6 is 0 Å². The van der Waals surface area contributed by atoms with E-state index in [-0.39, 0.29) is 11.8 Å². The summed E-state index contributed by atoms with van der Waals surface area (Å²) in [6.45, 7) is 11.0. The van der Waals surface area contributed by atoms with Crippen molar-refractivity contribution >= 4 is 10.0 Å². The lowest BCUT2D eigenvalue weighted by atomic mass is 9.96. The average Bonchev–Trinajstić information content (AvgIpc) is 2.25. The highest BCUT2D eigenvalue weighted by molar-refractivity contribution is 7.89. The summed E-state index contributed by atoms with van der Waals surface area (Å²) in [5.74, 6) is 0.630. The lowest BCUT2D eigenvalue weighted by molar-refractivity contribution is 0.390. The van der Waals surface area contributed by atoms with Crippen molar-refractivity contribution in [2.45, 2.75) is 66.0 Å². The molecule has 2 N–H and O–H groups in total. The molecular weight excluding hydrogens is 248 g/mol. The van der Waals surface area contributed by atoms with Crippen molar-refractivity contribution in [1.82, 2.24) is 10.0 Å². The smallest absolute Gasteiger partial charge is 0.211 e. The fraction of sp³-hybridized carbons (Fsp3) is 1.00. The molecule has 0 aliphatic heterocycles.